The maximum Gasteiger partial charge on any atom is 0.343 e. The number of likely N-dealkylation sites (tertiary alicyclic amines) is 1. The summed E-state index contributed by atoms with van der Waals surface area (Å²) in [7, 11) is 0. The molecule has 0 aromatic heterocycles. The van der Waals surface area contributed by atoms with Gasteiger partial charge in [-0.2, -0.15) is 0 Å². The molecule has 0 bridgehead atoms. The van der Waals surface area contributed by atoms with E-state index >= 15 is 0 Å². The highest BCUT2D eigenvalue weighted by Gasteiger charge is 2.47. The van der Waals surface area contributed by atoms with Crippen molar-refractivity contribution in [2.24, 2.45) is 0 Å². The third-order valence-electron chi connectivity index (χ3n) is 3.57. The zero-order valence-electron chi connectivity index (χ0n) is 11.6. The zero-order valence-corrected chi connectivity index (χ0v) is 11.6. The lowest BCUT2D eigenvalue weighted by atomic mass is 9.97. The highest BCUT2D eigenvalue weighted by molar-refractivity contribution is 5.76. The number of rotatable bonds is 5. The number of halogens is 1. The Kier molecular flexibility index (Phi) is 4.73. The van der Waals surface area contributed by atoms with Crippen molar-refractivity contribution in [2.45, 2.75) is 31.7 Å². The van der Waals surface area contributed by atoms with Crippen LogP contribution in [0.1, 0.15) is 18.9 Å². The van der Waals surface area contributed by atoms with Crippen molar-refractivity contribution >= 4 is 5.97 Å². The maximum atomic E-state index is 14.0. The van der Waals surface area contributed by atoms with Crippen LogP contribution in [0.5, 0.6) is 0 Å². The second-order valence-electron chi connectivity index (χ2n) is 5.16. The number of benzene rings is 1. The van der Waals surface area contributed by atoms with Crippen LogP contribution in [0.4, 0.5) is 4.39 Å². The molecule has 0 aliphatic carbocycles. The predicted molar refractivity (Wildman–Crippen MR) is 72.8 cm³/mol. The van der Waals surface area contributed by atoms with Crippen LogP contribution in [0.15, 0.2) is 30.3 Å². The number of hydrogen-bond acceptors (Lipinski definition) is 4. The summed E-state index contributed by atoms with van der Waals surface area (Å²) in [4.78, 5) is 13.4. The van der Waals surface area contributed by atoms with Crippen molar-refractivity contribution in [3.63, 3.8) is 0 Å². The number of carbonyl (C=O) groups is 1. The molecule has 1 aliphatic heterocycles. The van der Waals surface area contributed by atoms with Crippen molar-refractivity contribution in [3.8, 4) is 0 Å². The molecule has 1 saturated heterocycles. The predicted octanol–water partition coefficient (Wildman–Crippen LogP) is 1.52. The van der Waals surface area contributed by atoms with Gasteiger partial charge in [0.25, 0.3) is 0 Å². The molecular weight excluding hydrogens is 261 g/mol. The molecule has 0 amide bonds. The fraction of sp³-hybridized carbons (Fsp3) is 0.533. The first kappa shape index (κ1) is 14.9. The van der Waals surface area contributed by atoms with E-state index in [9.17, 15) is 14.3 Å². The van der Waals surface area contributed by atoms with Gasteiger partial charge in [-0.15, -0.1) is 0 Å². The topological polar surface area (TPSA) is 49.8 Å². The Hall–Kier alpha value is -1.46. The molecule has 1 aliphatic rings. The molecule has 1 heterocycles. The van der Waals surface area contributed by atoms with Crippen LogP contribution in [-0.4, -0.2) is 47.4 Å². The highest BCUT2D eigenvalue weighted by Crippen LogP contribution is 2.28. The van der Waals surface area contributed by atoms with E-state index in [1.54, 1.807) is 6.92 Å². The molecule has 1 N–H and O–H groups in total. The summed E-state index contributed by atoms with van der Waals surface area (Å²) in [6.07, 6.45) is -1.75. The Morgan fingerprint density at radius 1 is 1.50 bits per heavy atom. The van der Waals surface area contributed by atoms with E-state index in [0.717, 1.165) is 5.56 Å². The largest absolute Gasteiger partial charge is 0.464 e. The number of β-amino-alcohol motifs (C(OH)–C–C–N with tert-alkyl or cyclic N) is 1. The van der Waals surface area contributed by atoms with E-state index in [1.807, 2.05) is 35.2 Å². The van der Waals surface area contributed by atoms with Crippen molar-refractivity contribution in [1.29, 1.82) is 0 Å². The average molecular weight is 281 g/mol. The first-order valence-electron chi connectivity index (χ1n) is 6.84. The van der Waals surface area contributed by atoms with Gasteiger partial charge in [0.2, 0.25) is 6.17 Å². The molecule has 1 aromatic carbocycles. The number of ether oxygens (including phenoxy) is 1. The van der Waals surface area contributed by atoms with Gasteiger partial charge in [-0.3, -0.25) is 4.90 Å². The van der Waals surface area contributed by atoms with E-state index in [0.29, 0.717) is 13.1 Å². The standard InChI is InChI=1S/C15H20FNO3/c1-2-20-14(18)13(16)15(19)8-9-17(11-15)10-12-6-4-3-5-7-12/h3-7,13,19H,2,8-11H2,1H3. The third kappa shape index (κ3) is 3.35. The summed E-state index contributed by atoms with van der Waals surface area (Å²) in [5, 5.41) is 10.3. The Morgan fingerprint density at radius 2 is 2.20 bits per heavy atom. The summed E-state index contributed by atoms with van der Waals surface area (Å²) in [6.45, 7) is 3.07. The minimum absolute atomic E-state index is 0.114. The minimum Gasteiger partial charge on any atom is -0.464 e. The molecule has 0 radical (unpaired) electrons. The molecule has 4 nitrogen and oxygen atoms in total. The lowest BCUT2D eigenvalue weighted by molar-refractivity contribution is -0.159. The Morgan fingerprint density at radius 3 is 2.85 bits per heavy atom. The molecule has 0 saturated carbocycles. The van der Waals surface area contributed by atoms with Crippen LogP contribution in [0.3, 0.4) is 0 Å². The molecular formula is C15H20FNO3. The first-order valence-corrected chi connectivity index (χ1v) is 6.84. The van der Waals surface area contributed by atoms with Crippen LogP contribution in [0.2, 0.25) is 0 Å². The van der Waals surface area contributed by atoms with Crippen molar-refractivity contribution < 1.29 is 19.0 Å². The number of aliphatic hydroxyl groups is 1. The van der Waals surface area contributed by atoms with Gasteiger partial charge in [0.05, 0.1) is 6.61 Å². The van der Waals surface area contributed by atoms with E-state index in [4.69, 9.17) is 0 Å². The lowest BCUT2D eigenvalue weighted by Crippen LogP contribution is -2.47. The smallest absolute Gasteiger partial charge is 0.343 e. The van der Waals surface area contributed by atoms with Gasteiger partial charge >= 0.3 is 5.97 Å². The first-order chi connectivity index (χ1) is 9.55. The number of carbonyl (C=O) groups excluding carboxylic acids is 1. The quantitative estimate of drug-likeness (QED) is 0.832. The SMILES string of the molecule is CCOC(=O)C(F)C1(O)CCN(Cc2ccccc2)C1. The molecule has 110 valence electrons. The van der Waals surface area contributed by atoms with Crippen LogP contribution in [0.25, 0.3) is 0 Å². The van der Waals surface area contributed by atoms with E-state index in [1.165, 1.54) is 0 Å². The van der Waals surface area contributed by atoms with Gasteiger partial charge in [0.15, 0.2) is 0 Å². The molecule has 2 rings (SSSR count). The van der Waals surface area contributed by atoms with Gasteiger partial charge in [-0.25, -0.2) is 9.18 Å². The number of alkyl halides is 1. The second kappa shape index (κ2) is 6.33. The van der Waals surface area contributed by atoms with Gasteiger partial charge in [-0.1, -0.05) is 30.3 Å². The molecule has 2 atom stereocenters. The number of hydrogen-bond donors (Lipinski definition) is 1. The summed E-state index contributed by atoms with van der Waals surface area (Å²) in [5.74, 6) is -0.975. The zero-order chi connectivity index (χ0) is 14.6. The highest BCUT2D eigenvalue weighted by atomic mass is 19.1. The fourth-order valence-corrected chi connectivity index (χ4v) is 2.52. The lowest BCUT2D eigenvalue weighted by Gasteiger charge is -2.25. The normalized spacial score (nSPS) is 24.6. The Bertz CT molecular complexity index is 454. The van der Waals surface area contributed by atoms with Gasteiger partial charge < -0.3 is 9.84 Å². The van der Waals surface area contributed by atoms with Crippen molar-refractivity contribution in [1.82, 2.24) is 4.90 Å². The molecule has 2 unspecified atom stereocenters. The van der Waals surface area contributed by atoms with E-state index < -0.39 is 17.7 Å². The van der Waals surface area contributed by atoms with Crippen molar-refractivity contribution in [3.05, 3.63) is 35.9 Å². The second-order valence-corrected chi connectivity index (χ2v) is 5.16. The van der Waals surface area contributed by atoms with Gasteiger partial charge in [-0.05, 0) is 18.9 Å². The molecule has 0 spiro atoms. The van der Waals surface area contributed by atoms with Crippen LogP contribution >= 0.6 is 0 Å². The van der Waals surface area contributed by atoms with E-state index in [2.05, 4.69) is 4.74 Å². The van der Waals surface area contributed by atoms with Gasteiger partial charge in [0.1, 0.15) is 5.60 Å². The number of esters is 1. The molecule has 5 heteroatoms. The number of nitrogens with zero attached hydrogens (tertiary/aromatic N) is 1. The average Bonchev–Trinajstić information content (AvgIpc) is 2.82. The van der Waals surface area contributed by atoms with Crippen LogP contribution < -0.4 is 0 Å². The van der Waals surface area contributed by atoms with E-state index in [-0.39, 0.29) is 19.6 Å². The fourth-order valence-electron chi connectivity index (χ4n) is 2.52. The summed E-state index contributed by atoms with van der Waals surface area (Å²) in [5.41, 5.74) is -0.538. The van der Waals surface area contributed by atoms with Gasteiger partial charge in [0, 0.05) is 19.6 Å². The Labute approximate surface area is 118 Å². The summed E-state index contributed by atoms with van der Waals surface area (Å²) >= 11 is 0. The van der Waals surface area contributed by atoms with Crippen LogP contribution in [0, 0.1) is 0 Å². The van der Waals surface area contributed by atoms with Crippen LogP contribution in [-0.2, 0) is 16.1 Å². The molecule has 1 aromatic rings. The Balaban J connectivity index is 1.95. The molecule has 1 fully saturated rings. The summed E-state index contributed by atoms with van der Waals surface area (Å²) < 4.78 is 18.7. The third-order valence-corrected chi connectivity index (χ3v) is 3.57. The summed E-state index contributed by atoms with van der Waals surface area (Å²) in [6, 6.07) is 9.77. The maximum absolute atomic E-state index is 14.0. The molecule has 20 heavy (non-hydrogen) atoms. The monoisotopic (exact) mass is 281 g/mol. The minimum atomic E-state index is -1.98. The van der Waals surface area contributed by atoms with Crippen molar-refractivity contribution in [2.75, 3.05) is 19.7 Å².